The fourth-order valence-corrected chi connectivity index (χ4v) is 1.59. The van der Waals surface area contributed by atoms with Gasteiger partial charge in [0.25, 0.3) is 5.91 Å². The van der Waals surface area contributed by atoms with E-state index in [1.54, 1.807) is 12.1 Å². The van der Waals surface area contributed by atoms with Crippen molar-refractivity contribution in [2.45, 2.75) is 39.7 Å². The van der Waals surface area contributed by atoms with Crippen LogP contribution in [0.5, 0.6) is 0 Å². The predicted octanol–water partition coefficient (Wildman–Crippen LogP) is 0.943. The van der Waals surface area contributed by atoms with Crippen molar-refractivity contribution in [3.05, 3.63) is 17.8 Å². The summed E-state index contributed by atoms with van der Waals surface area (Å²) in [5.41, 5.74) is -0.0396. The van der Waals surface area contributed by atoms with Gasteiger partial charge in [0.1, 0.15) is 5.82 Å². The number of anilines is 1. The maximum absolute atomic E-state index is 11.8. The highest BCUT2D eigenvalue weighted by Crippen LogP contribution is 2.02. The Morgan fingerprint density at radius 1 is 1.19 bits per heavy atom. The Labute approximate surface area is 124 Å². The average molecular weight is 293 g/mol. The largest absolute Gasteiger partial charge is 0.369 e. The number of hydrogen-bond acceptors (Lipinski definition) is 5. The highest BCUT2D eigenvalue weighted by Gasteiger charge is 2.14. The summed E-state index contributed by atoms with van der Waals surface area (Å²) in [7, 11) is 0. The van der Waals surface area contributed by atoms with Gasteiger partial charge in [0, 0.05) is 25.0 Å². The second-order valence-electron chi connectivity index (χ2n) is 5.64. The molecule has 1 aromatic rings. The molecule has 7 heteroatoms. The van der Waals surface area contributed by atoms with E-state index in [1.165, 1.54) is 0 Å². The van der Waals surface area contributed by atoms with Crippen molar-refractivity contribution in [1.82, 2.24) is 20.8 Å². The lowest BCUT2D eigenvalue weighted by atomic mass is 10.1. The van der Waals surface area contributed by atoms with Gasteiger partial charge in [0.05, 0.1) is 0 Å². The fraction of sp³-hybridized carbons (Fsp3) is 0.571. The Balaban J connectivity index is 2.38. The zero-order valence-corrected chi connectivity index (χ0v) is 13.0. The topological polar surface area (TPSA) is 96.0 Å². The van der Waals surface area contributed by atoms with E-state index >= 15 is 0 Å². The molecular weight excluding hydrogens is 270 g/mol. The van der Waals surface area contributed by atoms with Gasteiger partial charge in [-0.3, -0.25) is 9.59 Å². The number of hydrogen-bond donors (Lipinski definition) is 3. The van der Waals surface area contributed by atoms with Crippen molar-refractivity contribution in [2.75, 3.05) is 18.4 Å². The van der Waals surface area contributed by atoms with Crippen LogP contribution < -0.4 is 16.0 Å². The van der Waals surface area contributed by atoms with Gasteiger partial charge in [0.15, 0.2) is 5.69 Å². The van der Waals surface area contributed by atoms with E-state index in [9.17, 15) is 9.59 Å². The summed E-state index contributed by atoms with van der Waals surface area (Å²) in [6.45, 7) is 8.67. The van der Waals surface area contributed by atoms with Crippen molar-refractivity contribution in [3.8, 4) is 0 Å². The molecule has 3 N–H and O–H groups in total. The monoisotopic (exact) mass is 293 g/mol. The molecule has 0 aliphatic rings. The fourth-order valence-electron chi connectivity index (χ4n) is 1.59. The third-order valence-electron chi connectivity index (χ3n) is 2.41. The highest BCUT2D eigenvalue weighted by atomic mass is 16.2. The first-order valence-corrected chi connectivity index (χ1v) is 6.98. The van der Waals surface area contributed by atoms with Gasteiger partial charge < -0.3 is 16.0 Å². The Morgan fingerprint density at radius 2 is 1.90 bits per heavy atom. The van der Waals surface area contributed by atoms with Crippen molar-refractivity contribution < 1.29 is 9.59 Å². The van der Waals surface area contributed by atoms with Crippen LogP contribution in [0.3, 0.4) is 0 Å². The Morgan fingerprint density at radius 3 is 2.43 bits per heavy atom. The van der Waals surface area contributed by atoms with Crippen LogP contribution in [0, 0.1) is 0 Å². The van der Waals surface area contributed by atoms with Gasteiger partial charge in [-0.25, -0.2) is 0 Å². The van der Waals surface area contributed by atoms with Gasteiger partial charge >= 0.3 is 0 Å². The Bertz CT molecular complexity index is 479. The van der Waals surface area contributed by atoms with E-state index in [0.717, 1.165) is 6.54 Å². The molecule has 21 heavy (non-hydrogen) atoms. The first-order chi connectivity index (χ1) is 9.81. The number of nitrogens with zero attached hydrogens (tertiary/aromatic N) is 2. The molecule has 2 amide bonds. The first kappa shape index (κ1) is 16.9. The summed E-state index contributed by atoms with van der Waals surface area (Å²) in [5.74, 6) is 0.184. The zero-order valence-electron chi connectivity index (χ0n) is 13.0. The summed E-state index contributed by atoms with van der Waals surface area (Å²) in [6, 6.07) is 3.28. The Kier molecular flexibility index (Phi) is 6.08. The molecule has 1 aromatic heterocycles. The third kappa shape index (κ3) is 6.69. The second-order valence-corrected chi connectivity index (χ2v) is 5.64. The van der Waals surface area contributed by atoms with Crippen LogP contribution in [-0.2, 0) is 4.79 Å². The number of nitrogens with one attached hydrogen (secondary N) is 3. The average Bonchev–Trinajstić information content (AvgIpc) is 2.37. The van der Waals surface area contributed by atoms with Crippen molar-refractivity contribution >= 4 is 17.6 Å². The number of carbonyl (C=O) groups is 2. The van der Waals surface area contributed by atoms with E-state index < -0.39 is 0 Å². The van der Waals surface area contributed by atoms with Crippen molar-refractivity contribution in [3.63, 3.8) is 0 Å². The molecule has 0 bridgehead atoms. The minimum atomic E-state index is -0.339. The van der Waals surface area contributed by atoms with E-state index in [2.05, 4.69) is 26.1 Å². The van der Waals surface area contributed by atoms with Gasteiger partial charge in [-0.2, -0.15) is 0 Å². The molecule has 1 rings (SSSR count). The second kappa shape index (κ2) is 7.56. The Hall–Kier alpha value is -2.18. The third-order valence-corrected chi connectivity index (χ3v) is 2.41. The van der Waals surface area contributed by atoms with E-state index in [0.29, 0.717) is 5.82 Å². The summed E-state index contributed by atoms with van der Waals surface area (Å²) in [5, 5.41) is 16.2. The summed E-state index contributed by atoms with van der Waals surface area (Å²) < 4.78 is 0. The smallest absolute Gasteiger partial charge is 0.271 e. The molecule has 0 aromatic carbocycles. The van der Waals surface area contributed by atoms with E-state index in [1.807, 2.05) is 27.7 Å². The van der Waals surface area contributed by atoms with Crippen LogP contribution in [0.4, 0.5) is 5.82 Å². The van der Waals surface area contributed by atoms with Gasteiger partial charge in [0.2, 0.25) is 5.91 Å². The zero-order chi connectivity index (χ0) is 15.9. The van der Waals surface area contributed by atoms with Crippen LogP contribution in [0.2, 0.25) is 0 Å². The SMILES string of the molecule is CCNc1ccc(C(=O)NCCC(=O)NC(C)(C)C)nn1. The molecule has 116 valence electrons. The normalized spacial score (nSPS) is 10.9. The summed E-state index contributed by atoms with van der Waals surface area (Å²) >= 11 is 0. The summed E-state index contributed by atoms with van der Waals surface area (Å²) in [4.78, 5) is 23.4. The number of carbonyl (C=O) groups excluding carboxylic acids is 2. The highest BCUT2D eigenvalue weighted by molar-refractivity contribution is 5.92. The number of amides is 2. The molecule has 1 heterocycles. The molecule has 0 aliphatic carbocycles. The molecule has 0 fully saturated rings. The molecule has 0 unspecified atom stereocenters. The lowest BCUT2D eigenvalue weighted by Gasteiger charge is -2.20. The van der Waals surface area contributed by atoms with Gasteiger partial charge in [-0.05, 0) is 39.8 Å². The molecule has 0 radical (unpaired) electrons. The molecule has 0 aliphatic heterocycles. The van der Waals surface area contributed by atoms with Crippen LogP contribution in [0.25, 0.3) is 0 Å². The van der Waals surface area contributed by atoms with E-state index in [-0.39, 0.29) is 36.0 Å². The van der Waals surface area contributed by atoms with Crippen LogP contribution in [0.15, 0.2) is 12.1 Å². The molecular formula is C14H23N5O2. The lowest BCUT2D eigenvalue weighted by Crippen LogP contribution is -2.42. The van der Waals surface area contributed by atoms with Gasteiger partial charge in [-0.1, -0.05) is 0 Å². The molecule has 0 spiro atoms. The number of rotatable bonds is 6. The van der Waals surface area contributed by atoms with Crippen LogP contribution in [0.1, 0.15) is 44.6 Å². The minimum Gasteiger partial charge on any atom is -0.369 e. The summed E-state index contributed by atoms with van der Waals surface area (Å²) in [6.07, 6.45) is 0.228. The minimum absolute atomic E-state index is 0.101. The maximum atomic E-state index is 11.8. The predicted molar refractivity (Wildman–Crippen MR) is 81.0 cm³/mol. The van der Waals surface area contributed by atoms with Crippen LogP contribution in [-0.4, -0.2) is 40.6 Å². The van der Waals surface area contributed by atoms with Crippen molar-refractivity contribution in [2.24, 2.45) is 0 Å². The molecule has 7 nitrogen and oxygen atoms in total. The van der Waals surface area contributed by atoms with E-state index in [4.69, 9.17) is 0 Å². The first-order valence-electron chi connectivity index (χ1n) is 6.98. The molecule has 0 saturated heterocycles. The lowest BCUT2D eigenvalue weighted by molar-refractivity contribution is -0.122. The van der Waals surface area contributed by atoms with Crippen molar-refractivity contribution in [1.29, 1.82) is 0 Å². The molecule has 0 saturated carbocycles. The van der Waals surface area contributed by atoms with Crippen LogP contribution >= 0.6 is 0 Å². The quantitative estimate of drug-likeness (QED) is 0.725. The maximum Gasteiger partial charge on any atom is 0.271 e. The van der Waals surface area contributed by atoms with Gasteiger partial charge in [-0.15, -0.1) is 10.2 Å². The number of aromatic nitrogens is 2. The molecule has 0 atom stereocenters. The standard InChI is InChI=1S/C14H23N5O2/c1-5-15-11-7-6-10(18-19-11)13(21)16-9-8-12(20)17-14(2,3)4/h6-7H,5,8-9H2,1-4H3,(H,15,19)(H,16,21)(H,17,20).